The second-order valence-electron chi connectivity index (χ2n) is 7.31. The van der Waals surface area contributed by atoms with Gasteiger partial charge in [-0.05, 0) is 52.4 Å². The molecule has 0 bridgehead atoms. The number of hydrogen-bond donors (Lipinski definition) is 0. The summed E-state index contributed by atoms with van der Waals surface area (Å²) in [5, 5.41) is 0. The second kappa shape index (κ2) is 6.24. The summed E-state index contributed by atoms with van der Waals surface area (Å²) < 4.78 is 5.40. The van der Waals surface area contributed by atoms with Crippen molar-refractivity contribution in [3.63, 3.8) is 0 Å². The highest BCUT2D eigenvalue weighted by atomic mass is 16.6. The minimum absolute atomic E-state index is 0.187. The number of carbonyl (C=O) groups excluding carboxylic acids is 2. The van der Waals surface area contributed by atoms with Crippen molar-refractivity contribution in [1.29, 1.82) is 0 Å². The fourth-order valence-corrected chi connectivity index (χ4v) is 2.82. The second-order valence-corrected chi connectivity index (χ2v) is 7.31. The maximum Gasteiger partial charge on any atom is 0.410 e. The molecule has 0 aromatic carbocycles. The predicted octanol–water partition coefficient (Wildman–Crippen LogP) is 2.64. The van der Waals surface area contributed by atoms with E-state index in [9.17, 15) is 9.59 Å². The molecule has 0 N–H and O–H groups in total. The number of piperidine rings is 1. The number of amides is 2. The Morgan fingerprint density at radius 2 is 1.71 bits per heavy atom. The summed E-state index contributed by atoms with van der Waals surface area (Å²) in [6, 6.07) is 0.478. The molecule has 0 spiro atoms. The smallest absolute Gasteiger partial charge is 0.410 e. The lowest BCUT2D eigenvalue weighted by molar-refractivity contribution is -0.130. The van der Waals surface area contributed by atoms with Gasteiger partial charge in [-0.25, -0.2) is 4.79 Å². The van der Waals surface area contributed by atoms with Crippen molar-refractivity contribution >= 4 is 12.0 Å². The van der Waals surface area contributed by atoms with E-state index in [4.69, 9.17) is 4.74 Å². The van der Waals surface area contributed by atoms with Crippen molar-refractivity contribution in [3.05, 3.63) is 0 Å². The normalized spacial score (nSPS) is 20.3. The molecule has 21 heavy (non-hydrogen) atoms. The van der Waals surface area contributed by atoms with Crippen LogP contribution in [0.1, 0.15) is 53.4 Å². The Kier molecular flexibility index (Phi) is 4.79. The summed E-state index contributed by atoms with van der Waals surface area (Å²) in [6.45, 7) is 9.64. The first kappa shape index (κ1) is 16.1. The molecule has 5 heteroatoms. The predicted molar refractivity (Wildman–Crippen MR) is 80.9 cm³/mol. The Balaban J connectivity index is 1.77. The number of hydrogen-bond acceptors (Lipinski definition) is 3. The van der Waals surface area contributed by atoms with E-state index < -0.39 is 5.60 Å². The summed E-state index contributed by atoms with van der Waals surface area (Å²) >= 11 is 0. The van der Waals surface area contributed by atoms with Crippen LogP contribution in [-0.4, -0.2) is 53.1 Å². The molecule has 1 heterocycles. The van der Waals surface area contributed by atoms with Crippen molar-refractivity contribution < 1.29 is 14.3 Å². The molecule has 0 unspecified atom stereocenters. The van der Waals surface area contributed by atoms with Gasteiger partial charge in [0.25, 0.3) is 0 Å². The van der Waals surface area contributed by atoms with Gasteiger partial charge < -0.3 is 14.5 Å². The zero-order valence-electron chi connectivity index (χ0n) is 13.7. The number of carbonyl (C=O) groups is 2. The van der Waals surface area contributed by atoms with E-state index in [-0.39, 0.29) is 12.0 Å². The first-order valence-electron chi connectivity index (χ1n) is 8.01. The molecule has 0 radical (unpaired) electrons. The van der Waals surface area contributed by atoms with Crippen molar-refractivity contribution in [2.24, 2.45) is 5.92 Å². The van der Waals surface area contributed by atoms with Crippen molar-refractivity contribution in [3.8, 4) is 0 Å². The third-order valence-electron chi connectivity index (χ3n) is 4.11. The third-order valence-corrected chi connectivity index (χ3v) is 4.11. The Bertz CT molecular complexity index is 391. The standard InChI is InChI=1S/C16H28N2O3/c1-12(19)18(14-5-6-14)11-13-7-9-17(10-8-13)15(20)21-16(2,3)4/h13-14H,5-11H2,1-4H3. The zero-order valence-corrected chi connectivity index (χ0v) is 13.7. The molecule has 1 aliphatic heterocycles. The summed E-state index contributed by atoms with van der Waals surface area (Å²) in [5.74, 6) is 0.695. The molecule has 1 saturated heterocycles. The van der Waals surface area contributed by atoms with Crippen molar-refractivity contribution in [2.75, 3.05) is 19.6 Å². The zero-order chi connectivity index (χ0) is 15.6. The summed E-state index contributed by atoms with van der Waals surface area (Å²) in [6.07, 6.45) is 3.99. The molecule has 0 aromatic heterocycles. The molecule has 2 amide bonds. The first-order chi connectivity index (χ1) is 9.76. The summed E-state index contributed by atoms with van der Waals surface area (Å²) in [7, 11) is 0. The van der Waals surface area contributed by atoms with Crippen LogP contribution in [0.3, 0.4) is 0 Å². The average Bonchev–Trinajstić information content (AvgIpc) is 3.18. The van der Waals surface area contributed by atoms with E-state index in [1.165, 1.54) is 0 Å². The molecule has 2 rings (SSSR count). The lowest BCUT2D eigenvalue weighted by atomic mass is 9.96. The molecule has 0 atom stereocenters. The van der Waals surface area contributed by atoms with Gasteiger partial charge in [-0.2, -0.15) is 0 Å². The van der Waals surface area contributed by atoms with Gasteiger partial charge >= 0.3 is 6.09 Å². The molecule has 1 aliphatic carbocycles. The van der Waals surface area contributed by atoms with Crippen LogP contribution in [0.5, 0.6) is 0 Å². The molecular formula is C16H28N2O3. The Morgan fingerprint density at radius 3 is 2.14 bits per heavy atom. The van der Waals surface area contributed by atoms with Crippen LogP contribution < -0.4 is 0 Å². The highest BCUT2D eigenvalue weighted by Crippen LogP contribution is 2.29. The van der Waals surface area contributed by atoms with E-state index in [1.807, 2.05) is 25.7 Å². The van der Waals surface area contributed by atoms with E-state index in [2.05, 4.69) is 0 Å². The van der Waals surface area contributed by atoms with E-state index in [0.717, 1.165) is 45.3 Å². The van der Waals surface area contributed by atoms with Crippen LogP contribution in [0.4, 0.5) is 4.79 Å². The number of rotatable bonds is 3. The van der Waals surface area contributed by atoms with Gasteiger partial charge in [0.15, 0.2) is 0 Å². The average molecular weight is 296 g/mol. The molecule has 0 aromatic rings. The topological polar surface area (TPSA) is 49.9 Å². The highest BCUT2D eigenvalue weighted by Gasteiger charge is 2.34. The molecular weight excluding hydrogens is 268 g/mol. The van der Waals surface area contributed by atoms with Gasteiger partial charge in [-0.15, -0.1) is 0 Å². The molecule has 120 valence electrons. The monoisotopic (exact) mass is 296 g/mol. The Hall–Kier alpha value is -1.26. The fourth-order valence-electron chi connectivity index (χ4n) is 2.82. The maximum absolute atomic E-state index is 12.0. The van der Waals surface area contributed by atoms with Crippen LogP contribution >= 0.6 is 0 Å². The van der Waals surface area contributed by atoms with Gasteiger partial charge in [-0.3, -0.25) is 4.79 Å². The largest absolute Gasteiger partial charge is 0.444 e. The van der Waals surface area contributed by atoms with Gasteiger partial charge in [0.05, 0.1) is 0 Å². The van der Waals surface area contributed by atoms with E-state index >= 15 is 0 Å². The van der Waals surface area contributed by atoms with Crippen LogP contribution in [0.2, 0.25) is 0 Å². The van der Waals surface area contributed by atoms with Gasteiger partial charge in [0.2, 0.25) is 5.91 Å². The molecule has 2 aliphatic rings. The van der Waals surface area contributed by atoms with Crippen LogP contribution in [0.15, 0.2) is 0 Å². The van der Waals surface area contributed by atoms with Crippen LogP contribution in [-0.2, 0) is 9.53 Å². The summed E-state index contributed by atoms with van der Waals surface area (Å²) in [4.78, 5) is 27.5. The highest BCUT2D eigenvalue weighted by molar-refractivity contribution is 5.74. The Morgan fingerprint density at radius 1 is 1.14 bits per heavy atom. The lowest BCUT2D eigenvalue weighted by Gasteiger charge is -2.35. The molecule has 1 saturated carbocycles. The van der Waals surface area contributed by atoms with Gasteiger partial charge in [0, 0.05) is 32.6 Å². The number of likely N-dealkylation sites (tertiary alicyclic amines) is 1. The van der Waals surface area contributed by atoms with Gasteiger partial charge in [0.1, 0.15) is 5.60 Å². The van der Waals surface area contributed by atoms with Crippen LogP contribution in [0.25, 0.3) is 0 Å². The number of nitrogens with zero attached hydrogens (tertiary/aromatic N) is 2. The molecule has 2 fully saturated rings. The first-order valence-corrected chi connectivity index (χ1v) is 8.01. The van der Waals surface area contributed by atoms with Crippen molar-refractivity contribution in [1.82, 2.24) is 9.80 Å². The minimum Gasteiger partial charge on any atom is -0.444 e. The Labute approximate surface area is 127 Å². The molecule has 5 nitrogen and oxygen atoms in total. The van der Waals surface area contributed by atoms with Crippen molar-refractivity contribution in [2.45, 2.75) is 65.0 Å². The fraction of sp³-hybridized carbons (Fsp3) is 0.875. The maximum atomic E-state index is 12.0. The van der Waals surface area contributed by atoms with E-state index in [0.29, 0.717) is 12.0 Å². The SMILES string of the molecule is CC(=O)N(CC1CCN(C(=O)OC(C)(C)C)CC1)C1CC1. The van der Waals surface area contributed by atoms with Crippen LogP contribution in [0, 0.1) is 5.92 Å². The van der Waals surface area contributed by atoms with Gasteiger partial charge in [-0.1, -0.05) is 0 Å². The lowest BCUT2D eigenvalue weighted by Crippen LogP contribution is -2.44. The third kappa shape index (κ3) is 4.90. The number of ether oxygens (including phenoxy) is 1. The van der Waals surface area contributed by atoms with E-state index in [1.54, 1.807) is 11.8 Å². The minimum atomic E-state index is -0.439. The quantitative estimate of drug-likeness (QED) is 0.804. The summed E-state index contributed by atoms with van der Waals surface area (Å²) in [5.41, 5.74) is -0.439.